The molecule has 3 heteroatoms. The molecule has 0 radical (unpaired) electrons. The number of benzene rings is 1. The van der Waals surface area contributed by atoms with Gasteiger partial charge in [0.2, 0.25) is 0 Å². The lowest BCUT2D eigenvalue weighted by Crippen LogP contribution is -1.96. The minimum Gasteiger partial charge on any atom is -0.381 e. The maximum Gasteiger partial charge on any atom is 0.0987 e. The van der Waals surface area contributed by atoms with E-state index in [0.29, 0.717) is 5.92 Å². The number of hydrogen-bond acceptors (Lipinski definition) is 3. The summed E-state index contributed by atoms with van der Waals surface area (Å²) in [7, 11) is 0. The van der Waals surface area contributed by atoms with E-state index >= 15 is 0 Å². The Morgan fingerprint density at radius 3 is 2.88 bits per heavy atom. The Hall–Kier alpha value is -1.19. The first-order valence-corrected chi connectivity index (χ1v) is 6.40. The van der Waals surface area contributed by atoms with Gasteiger partial charge in [0, 0.05) is 23.5 Å². The highest BCUT2D eigenvalue weighted by molar-refractivity contribution is 7.10. The molecule has 1 unspecified atom stereocenters. The maximum atomic E-state index is 5.39. The van der Waals surface area contributed by atoms with E-state index in [4.69, 9.17) is 9.72 Å². The van der Waals surface area contributed by atoms with Crippen LogP contribution >= 0.6 is 11.3 Å². The summed E-state index contributed by atoms with van der Waals surface area (Å²) in [6.07, 6.45) is 1.11. The lowest BCUT2D eigenvalue weighted by Gasteiger charge is -2.01. The predicted molar refractivity (Wildman–Crippen MR) is 65.7 cm³/mol. The van der Waals surface area contributed by atoms with Crippen molar-refractivity contribution in [2.75, 3.05) is 13.2 Å². The Kier molecular flexibility index (Phi) is 2.72. The van der Waals surface area contributed by atoms with Gasteiger partial charge < -0.3 is 4.74 Å². The third-order valence-electron chi connectivity index (χ3n) is 2.87. The Morgan fingerprint density at radius 2 is 2.12 bits per heavy atom. The van der Waals surface area contributed by atoms with Gasteiger partial charge in [-0.25, -0.2) is 4.98 Å². The summed E-state index contributed by atoms with van der Waals surface area (Å²) in [6, 6.07) is 10.3. The number of hydrogen-bond donors (Lipinski definition) is 0. The van der Waals surface area contributed by atoms with Gasteiger partial charge in [0.15, 0.2) is 0 Å². The minimum absolute atomic E-state index is 0.516. The standard InChI is InChI=1S/C13H13NOS/c1-2-4-10(5-3-1)12-9-16-13(14-12)11-6-7-15-8-11/h1-5,9,11H,6-8H2. The Balaban J connectivity index is 1.87. The molecule has 0 N–H and O–H groups in total. The first-order chi connectivity index (χ1) is 7.93. The van der Waals surface area contributed by atoms with Crippen molar-refractivity contribution in [2.24, 2.45) is 0 Å². The van der Waals surface area contributed by atoms with Crippen molar-refractivity contribution >= 4 is 11.3 Å². The summed E-state index contributed by atoms with van der Waals surface area (Å²) in [6.45, 7) is 1.71. The summed E-state index contributed by atoms with van der Waals surface area (Å²) >= 11 is 1.75. The molecule has 1 aliphatic heterocycles. The van der Waals surface area contributed by atoms with Crippen molar-refractivity contribution in [1.82, 2.24) is 4.98 Å². The van der Waals surface area contributed by atoms with Crippen molar-refractivity contribution in [3.05, 3.63) is 40.7 Å². The number of rotatable bonds is 2. The van der Waals surface area contributed by atoms with E-state index in [1.807, 2.05) is 18.2 Å². The minimum atomic E-state index is 0.516. The third-order valence-corrected chi connectivity index (χ3v) is 3.88. The van der Waals surface area contributed by atoms with Gasteiger partial charge in [-0.1, -0.05) is 30.3 Å². The molecular formula is C13H13NOS. The molecule has 2 heterocycles. The Bertz CT molecular complexity index is 460. The molecular weight excluding hydrogens is 218 g/mol. The van der Waals surface area contributed by atoms with Gasteiger partial charge in [0.1, 0.15) is 0 Å². The number of ether oxygens (including phenoxy) is 1. The molecule has 1 aromatic heterocycles. The van der Waals surface area contributed by atoms with E-state index < -0.39 is 0 Å². The van der Waals surface area contributed by atoms with Gasteiger partial charge in [-0.3, -0.25) is 0 Å². The van der Waals surface area contributed by atoms with Crippen LogP contribution in [-0.4, -0.2) is 18.2 Å². The van der Waals surface area contributed by atoms with Crippen LogP contribution in [0.25, 0.3) is 11.3 Å². The fraction of sp³-hybridized carbons (Fsp3) is 0.308. The maximum absolute atomic E-state index is 5.39. The molecule has 1 aromatic carbocycles. The molecule has 0 saturated carbocycles. The highest BCUT2D eigenvalue weighted by Crippen LogP contribution is 2.30. The Labute approximate surface area is 98.9 Å². The van der Waals surface area contributed by atoms with E-state index in [0.717, 1.165) is 25.3 Å². The summed E-state index contributed by atoms with van der Waals surface area (Å²) in [5.74, 6) is 0.516. The molecule has 1 atom stereocenters. The van der Waals surface area contributed by atoms with Gasteiger partial charge in [-0.2, -0.15) is 0 Å². The van der Waals surface area contributed by atoms with E-state index in [-0.39, 0.29) is 0 Å². The molecule has 0 amide bonds. The summed E-state index contributed by atoms with van der Waals surface area (Å²) in [4.78, 5) is 4.70. The van der Waals surface area contributed by atoms with E-state index in [2.05, 4.69) is 17.5 Å². The van der Waals surface area contributed by atoms with Gasteiger partial charge in [0.25, 0.3) is 0 Å². The van der Waals surface area contributed by atoms with Crippen molar-refractivity contribution in [3.63, 3.8) is 0 Å². The molecule has 0 spiro atoms. The van der Waals surface area contributed by atoms with Crippen molar-refractivity contribution in [2.45, 2.75) is 12.3 Å². The zero-order valence-electron chi connectivity index (χ0n) is 8.93. The zero-order valence-corrected chi connectivity index (χ0v) is 9.74. The highest BCUT2D eigenvalue weighted by Gasteiger charge is 2.20. The van der Waals surface area contributed by atoms with Gasteiger partial charge >= 0.3 is 0 Å². The van der Waals surface area contributed by atoms with Crippen LogP contribution in [0, 0.1) is 0 Å². The zero-order chi connectivity index (χ0) is 10.8. The average Bonchev–Trinajstić information content (AvgIpc) is 3.01. The second-order valence-corrected chi connectivity index (χ2v) is 4.89. The molecule has 0 aliphatic carbocycles. The smallest absolute Gasteiger partial charge is 0.0987 e. The molecule has 1 aliphatic rings. The monoisotopic (exact) mass is 231 g/mol. The summed E-state index contributed by atoms with van der Waals surface area (Å²) in [5.41, 5.74) is 2.29. The SMILES string of the molecule is c1ccc(-c2csc(C3CCOC3)n2)cc1. The van der Waals surface area contributed by atoms with E-state index in [1.165, 1.54) is 10.6 Å². The quantitative estimate of drug-likeness (QED) is 0.791. The number of nitrogens with zero attached hydrogens (tertiary/aromatic N) is 1. The highest BCUT2D eigenvalue weighted by atomic mass is 32.1. The molecule has 2 aromatic rings. The topological polar surface area (TPSA) is 22.1 Å². The first-order valence-electron chi connectivity index (χ1n) is 5.52. The molecule has 1 saturated heterocycles. The molecule has 82 valence electrons. The number of thiazole rings is 1. The fourth-order valence-electron chi connectivity index (χ4n) is 1.95. The normalized spacial score (nSPS) is 20.1. The molecule has 16 heavy (non-hydrogen) atoms. The lowest BCUT2D eigenvalue weighted by atomic mass is 10.1. The molecule has 0 bridgehead atoms. The summed E-state index contributed by atoms with van der Waals surface area (Å²) in [5, 5.41) is 3.36. The molecule has 3 rings (SSSR count). The van der Waals surface area contributed by atoms with Crippen molar-refractivity contribution in [1.29, 1.82) is 0 Å². The van der Waals surface area contributed by atoms with E-state index in [1.54, 1.807) is 11.3 Å². The predicted octanol–water partition coefficient (Wildman–Crippen LogP) is 3.31. The largest absolute Gasteiger partial charge is 0.381 e. The fourth-order valence-corrected chi connectivity index (χ4v) is 2.90. The van der Waals surface area contributed by atoms with Gasteiger partial charge in [-0.15, -0.1) is 11.3 Å². The van der Waals surface area contributed by atoms with Crippen LogP contribution in [0.2, 0.25) is 0 Å². The second kappa shape index (κ2) is 4.36. The molecule has 1 fully saturated rings. The summed E-state index contributed by atoms with van der Waals surface area (Å²) < 4.78 is 5.39. The van der Waals surface area contributed by atoms with Crippen LogP contribution in [0.3, 0.4) is 0 Å². The molecule has 2 nitrogen and oxygen atoms in total. The van der Waals surface area contributed by atoms with Crippen molar-refractivity contribution < 1.29 is 4.74 Å². The van der Waals surface area contributed by atoms with E-state index in [9.17, 15) is 0 Å². The van der Waals surface area contributed by atoms with Crippen LogP contribution in [0.5, 0.6) is 0 Å². The first kappa shape index (κ1) is 10.00. The van der Waals surface area contributed by atoms with Crippen LogP contribution in [-0.2, 0) is 4.74 Å². The average molecular weight is 231 g/mol. The van der Waals surface area contributed by atoms with Crippen molar-refractivity contribution in [3.8, 4) is 11.3 Å². The van der Waals surface area contributed by atoms with Crippen LogP contribution < -0.4 is 0 Å². The van der Waals surface area contributed by atoms with Crippen LogP contribution in [0.4, 0.5) is 0 Å². The van der Waals surface area contributed by atoms with Gasteiger partial charge in [-0.05, 0) is 6.42 Å². The third kappa shape index (κ3) is 1.88. The van der Waals surface area contributed by atoms with Gasteiger partial charge in [0.05, 0.1) is 17.3 Å². The number of aromatic nitrogens is 1. The second-order valence-electron chi connectivity index (χ2n) is 4.00. The van der Waals surface area contributed by atoms with Crippen LogP contribution in [0.1, 0.15) is 17.3 Å². The Morgan fingerprint density at radius 1 is 1.25 bits per heavy atom. The van der Waals surface area contributed by atoms with Crippen LogP contribution in [0.15, 0.2) is 35.7 Å². The lowest BCUT2D eigenvalue weighted by molar-refractivity contribution is 0.194.